The van der Waals surface area contributed by atoms with Crippen molar-refractivity contribution < 1.29 is 28.4 Å². The van der Waals surface area contributed by atoms with Gasteiger partial charge in [0, 0.05) is 17.0 Å². The molecule has 10 nitrogen and oxygen atoms in total. The summed E-state index contributed by atoms with van der Waals surface area (Å²) in [5.74, 6) is -1.85. The van der Waals surface area contributed by atoms with Crippen LogP contribution in [0.25, 0.3) is 11.5 Å². The summed E-state index contributed by atoms with van der Waals surface area (Å²) in [7, 11) is 0. The number of piperidine rings is 1. The first-order chi connectivity index (χ1) is 16.9. The molecule has 0 aliphatic carbocycles. The van der Waals surface area contributed by atoms with Gasteiger partial charge >= 0.3 is 0 Å². The first-order valence-corrected chi connectivity index (χ1v) is 11.0. The van der Waals surface area contributed by atoms with Crippen molar-refractivity contribution in [3.8, 4) is 11.5 Å². The van der Waals surface area contributed by atoms with Crippen LogP contribution >= 0.6 is 11.6 Å². The number of imide groups is 2. The molecule has 5 amide bonds. The Balaban J connectivity index is 1.43. The quantitative estimate of drug-likeness (QED) is 0.413. The van der Waals surface area contributed by atoms with Gasteiger partial charge in [-0.15, -0.1) is 0 Å². The largest absolute Gasteiger partial charge is 0.439 e. The minimum atomic E-state index is -1.10. The van der Waals surface area contributed by atoms with Crippen LogP contribution in [0.15, 0.2) is 53.1 Å². The number of carbonyl (C=O) groups is 5. The molecule has 1 saturated heterocycles. The third kappa shape index (κ3) is 3.97. The number of nitrogens with zero attached hydrogens (tertiary/aromatic N) is 3. The number of anilines is 1. The first-order valence-electron chi connectivity index (χ1n) is 10.6. The van der Waals surface area contributed by atoms with Gasteiger partial charge in [0.2, 0.25) is 24.1 Å². The van der Waals surface area contributed by atoms with Crippen molar-refractivity contribution in [2.24, 2.45) is 0 Å². The highest BCUT2D eigenvalue weighted by atomic mass is 35.5. The van der Waals surface area contributed by atoms with E-state index in [0.29, 0.717) is 28.6 Å². The molecule has 1 N–H and O–H groups in total. The highest BCUT2D eigenvalue weighted by molar-refractivity contribution is 6.30. The van der Waals surface area contributed by atoms with E-state index in [2.05, 4.69) is 10.3 Å². The summed E-state index contributed by atoms with van der Waals surface area (Å²) in [6.45, 7) is -0.0551. The van der Waals surface area contributed by atoms with E-state index in [0.717, 1.165) is 4.90 Å². The third-order valence-electron chi connectivity index (χ3n) is 5.85. The Bertz CT molecular complexity index is 1380. The molecule has 2 aliphatic rings. The lowest BCUT2D eigenvalue weighted by Gasteiger charge is -2.28. The molecule has 0 bridgehead atoms. The normalized spacial score (nSPS) is 17.4. The zero-order valence-corrected chi connectivity index (χ0v) is 18.8. The van der Waals surface area contributed by atoms with Crippen molar-refractivity contribution in [3.05, 3.63) is 70.6 Å². The SMILES string of the molecule is O=CN(Cc1cnc(-c2ccc(Cl)cc2)o1)c1cccc2c1C(=O)N(C1CCC(=O)NC1=O)C2=O. The molecule has 0 spiro atoms. The number of aromatic nitrogens is 1. The van der Waals surface area contributed by atoms with Gasteiger partial charge in [0.1, 0.15) is 11.8 Å². The average Bonchev–Trinajstić information content (AvgIpc) is 3.41. The van der Waals surface area contributed by atoms with E-state index in [1.807, 2.05) is 0 Å². The number of carbonyl (C=O) groups excluding carboxylic acids is 5. The van der Waals surface area contributed by atoms with Crippen LogP contribution in [0.2, 0.25) is 5.02 Å². The lowest BCUT2D eigenvalue weighted by atomic mass is 10.0. The van der Waals surface area contributed by atoms with Crippen molar-refractivity contribution in [2.45, 2.75) is 25.4 Å². The highest BCUT2D eigenvalue weighted by Crippen LogP contribution is 2.34. The number of oxazole rings is 1. The zero-order valence-electron chi connectivity index (χ0n) is 18.1. The molecule has 3 heterocycles. The van der Waals surface area contributed by atoms with E-state index in [4.69, 9.17) is 16.0 Å². The summed E-state index contributed by atoms with van der Waals surface area (Å²) < 4.78 is 5.77. The number of hydrogen-bond donors (Lipinski definition) is 1. The second-order valence-electron chi connectivity index (χ2n) is 8.02. The van der Waals surface area contributed by atoms with Crippen LogP contribution in [0.1, 0.15) is 39.3 Å². The van der Waals surface area contributed by atoms with Gasteiger partial charge in [-0.25, -0.2) is 4.98 Å². The highest BCUT2D eigenvalue weighted by Gasteiger charge is 2.46. The molecule has 2 aliphatic heterocycles. The molecule has 1 atom stereocenters. The number of halogens is 1. The number of benzene rings is 2. The summed E-state index contributed by atoms with van der Waals surface area (Å²) in [5.41, 5.74) is 0.963. The molecule has 35 heavy (non-hydrogen) atoms. The fraction of sp³-hybridized carbons (Fsp3) is 0.167. The first kappa shape index (κ1) is 22.5. The molecule has 2 aromatic carbocycles. The van der Waals surface area contributed by atoms with Gasteiger partial charge in [-0.2, -0.15) is 0 Å². The van der Waals surface area contributed by atoms with Gasteiger partial charge in [-0.1, -0.05) is 17.7 Å². The minimum Gasteiger partial charge on any atom is -0.439 e. The maximum absolute atomic E-state index is 13.3. The molecule has 1 fully saturated rings. The van der Waals surface area contributed by atoms with E-state index in [1.54, 1.807) is 30.3 Å². The molecule has 1 unspecified atom stereocenters. The zero-order chi connectivity index (χ0) is 24.7. The molecule has 11 heteroatoms. The van der Waals surface area contributed by atoms with E-state index in [-0.39, 0.29) is 36.2 Å². The predicted octanol–water partition coefficient (Wildman–Crippen LogP) is 2.56. The number of nitrogens with one attached hydrogen (secondary N) is 1. The molecule has 1 aromatic heterocycles. The molecular weight excluding hydrogens is 476 g/mol. The minimum absolute atomic E-state index is 0.00624. The summed E-state index contributed by atoms with van der Waals surface area (Å²) in [6, 6.07) is 10.3. The van der Waals surface area contributed by atoms with Gasteiger partial charge in [0.05, 0.1) is 29.6 Å². The molecule has 0 radical (unpaired) electrons. The van der Waals surface area contributed by atoms with Crippen LogP contribution in [0, 0.1) is 0 Å². The Morgan fingerprint density at radius 3 is 2.60 bits per heavy atom. The maximum Gasteiger partial charge on any atom is 0.264 e. The van der Waals surface area contributed by atoms with Crippen LogP contribution in [0.5, 0.6) is 0 Å². The van der Waals surface area contributed by atoms with Gasteiger partial charge in [0.15, 0.2) is 0 Å². The van der Waals surface area contributed by atoms with Crippen LogP contribution < -0.4 is 10.2 Å². The Morgan fingerprint density at radius 1 is 1.11 bits per heavy atom. The van der Waals surface area contributed by atoms with E-state index < -0.39 is 29.7 Å². The number of rotatable bonds is 6. The van der Waals surface area contributed by atoms with Gasteiger partial charge < -0.3 is 9.32 Å². The Labute approximate surface area is 203 Å². The van der Waals surface area contributed by atoms with Crippen LogP contribution in [0.3, 0.4) is 0 Å². The van der Waals surface area contributed by atoms with Crippen molar-refractivity contribution in [1.29, 1.82) is 0 Å². The Kier molecular flexibility index (Phi) is 5.65. The van der Waals surface area contributed by atoms with Crippen LogP contribution in [0.4, 0.5) is 5.69 Å². The van der Waals surface area contributed by atoms with E-state index in [9.17, 15) is 24.0 Å². The standard InChI is InChI=1S/C24H17ClN4O6/c25-14-6-4-13(5-7-14)22-26-10-15(35-22)11-28(12-30)17-3-1-2-16-20(17)24(34)29(23(16)33)18-8-9-19(31)27-21(18)32/h1-7,10,12,18H,8-9,11H2,(H,27,31,32). The second kappa shape index (κ2) is 8.80. The molecule has 5 rings (SSSR count). The average molecular weight is 493 g/mol. The van der Waals surface area contributed by atoms with Crippen molar-refractivity contribution in [1.82, 2.24) is 15.2 Å². The smallest absolute Gasteiger partial charge is 0.264 e. The second-order valence-corrected chi connectivity index (χ2v) is 8.46. The number of fused-ring (bicyclic) bond motifs is 1. The number of amides is 5. The summed E-state index contributed by atoms with van der Waals surface area (Å²) in [4.78, 5) is 68.5. The lowest BCUT2D eigenvalue weighted by molar-refractivity contribution is -0.136. The Hall–Kier alpha value is -4.31. The van der Waals surface area contributed by atoms with E-state index >= 15 is 0 Å². The van der Waals surface area contributed by atoms with Crippen molar-refractivity contribution in [2.75, 3.05) is 4.90 Å². The predicted molar refractivity (Wildman–Crippen MR) is 122 cm³/mol. The fourth-order valence-corrected chi connectivity index (χ4v) is 4.32. The summed E-state index contributed by atoms with van der Waals surface area (Å²) in [5, 5.41) is 2.72. The Morgan fingerprint density at radius 2 is 1.89 bits per heavy atom. The number of hydrogen-bond acceptors (Lipinski definition) is 7. The van der Waals surface area contributed by atoms with Gasteiger partial charge in [-0.05, 0) is 42.8 Å². The van der Waals surface area contributed by atoms with E-state index in [1.165, 1.54) is 23.2 Å². The van der Waals surface area contributed by atoms with Crippen LogP contribution in [-0.4, -0.2) is 46.0 Å². The molecule has 0 saturated carbocycles. The van der Waals surface area contributed by atoms with Gasteiger partial charge in [-0.3, -0.25) is 34.2 Å². The topological polar surface area (TPSA) is 130 Å². The van der Waals surface area contributed by atoms with Crippen molar-refractivity contribution in [3.63, 3.8) is 0 Å². The molecular formula is C24H17ClN4O6. The fourth-order valence-electron chi connectivity index (χ4n) is 4.19. The lowest BCUT2D eigenvalue weighted by Crippen LogP contribution is -2.54. The summed E-state index contributed by atoms with van der Waals surface area (Å²) >= 11 is 5.91. The molecule has 3 aromatic rings. The van der Waals surface area contributed by atoms with Crippen molar-refractivity contribution >= 4 is 47.3 Å². The third-order valence-corrected chi connectivity index (χ3v) is 6.11. The maximum atomic E-state index is 13.3. The molecule has 176 valence electrons. The monoisotopic (exact) mass is 492 g/mol. The van der Waals surface area contributed by atoms with Crippen LogP contribution in [-0.2, 0) is 20.9 Å². The van der Waals surface area contributed by atoms with Gasteiger partial charge in [0.25, 0.3) is 11.8 Å². The summed E-state index contributed by atoms with van der Waals surface area (Å²) in [6.07, 6.45) is 2.03.